The number of methoxy groups -OCH3 is 1. The molecule has 1 amide bonds. The fraction of sp³-hybridized carbons (Fsp3) is 0.312. The second kappa shape index (κ2) is 6.71. The SMILES string of the molecule is COc1ccccc1-n1cc(C(=O)N2CCO[C@H](C(=O)O)C2)cn1. The van der Waals surface area contributed by atoms with E-state index in [1.807, 2.05) is 18.2 Å². The van der Waals surface area contributed by atoms with Crippen LogP contribution in [0.5, 0.6) is 5.75 Å². The summed E-state index contributed by atoms with van der Waals surface area (Å²) in [5.41, 5.74) is 1.09. The molecule has 1 fully saturated rings. The van der Waals surface area contributed by atoms with Gasteiger partial charge in [-0.15, -0.1) is 0 Å². The van der Waals surface area contributed by atoms with Crippen LogP contribution in [0.15, 0.2) is 36.7 Å². The number of amides is 1. The summed E-state index contributed by atoms with van der Waals surface area (Å²) >= 11 is 0. The topological polar surface area (TPSA) is 93.9 Å². The van der Waals surface area contributed by atoms with Gasteiger partial charge in [0.2, 0.25) is 0 Å². The van der Waals surface area contributed by atoms with E-state index in [1.54, 1.807) is 24.1 Å². The zero-order valence-corrected chi connectivity index (χ0v) is 13.1. The van der Waals surface area contributed by atoms with E-state index in [9.17, 15) is 9.59 Å². The summed E-state index contributed by atoms with van der Waals surface area (Å²) in [6.45, 7) is 0.569. The van der Waals surface area contributed by atoms with Crippen LogP contribution in [-0.4, -0.2) is 64.6 Å². The third-order valence-electron chi connectivity index (χ3n) is 3.79. The second-order valence-corrected chi connectivity index (χ2v) is 5.29. The van der Waals surface area contributed by atoms with Crippen LogP contribution >= 0.6 is 0 Å². The number of carboxylic acid groups (broad SMARTS) is 1. The summed E-state index contributed by atoms with van der Waals surface area (Å²) in [7, 11) is 1.56. The average Bonchev–Trinajstić information content (AvgIpc) is 3.11. The van der Waals surface area contributed by atoms with Crippen LogP contribution in [0.25, 0.3) is 5.69 Å². The number of hydrogen-bond acceptors (Lipinski definition) is 5. The van der Waals surface area contributed by atoms with E-state index in [-0.39, 0.29) is 19.1 Å². The molecule has 1 N–H and O–H groups in total. The van der Waals surface area contributed by atoms with Crippen LogP contribution in [-0.2, 0) is 9.53 Å². The number of rotatable bonds is 4. The number of para-hydroxylation sites is 2. The minimum absolute atomic E-state index is 0.0218. The Hall–Kier alpha value is -2.87. The molecule has 1 aromatic heterocycles. The number of ether oxygens (including phenoxy) is 2. The van der Waals surface area contributed by atoms with Crippen molar-refractivity contribution in [2.45, 2.75) is 6.10 Å². The minimum atomic E-state index is -1.07. The van der Waals surface area contributed by atoms with E-state index in [2.05, 4.69) is 5.10 Å². The van der Waals surface area contributed by atoms with Crippen molar-refractivity contribution in [3.63, 3.8) is 0 Å². The Kier molecular flexibility index (Phi) is 4.48. The third-order valence-corrected chi connectivity index (χ3v) is 3.79. The van der Waals surface area contributed by atoms with Crippen molar-refractivity contribution in [2.24, 2.45) is 0 Å². The van der Waals surface area contributed by atoms with Gasteiger partial charge >= 0.3 is 5.97 Å². The zero-order valence-electron chi connectivity index (χ0n) is 13.1. The number of carboxylic acids is 1. The van der Waals surface area contributed by atoms with Crippen LogP contribution in [0.4, 0.5) is 0 Å². The van der Waals surface area contributed by atoms with Gasteiger partial charge in [-0.3, -0.25) is 4.79 Å². The van der Waals surface area contributed by atoms with Crippen LogP contribution in [0.3, 0.4) is 0 Å². The van der Waals surface area contributed by atoms with E-state index in [0.717, 1.165) is 0 Å². The van der Waals surface area contributed by atoms with E-state index in [1.165, 1.54) is 11.1 Å². The second-order valence-electron chi connectivity index (χ2n) is 5.29. The zero-order chi connectivity index (χ0) is 17.1. The molecule has 1 aliphatic heterocycles. The maximum Gasteiger partial charge on any atom is 0.334 e. The lowest BCUT2D eigenvalue weighted by molar-refractivity contribution is -0.154. The molecule has 1 aliphatic rings. The fourth-order valence-electron chi connectivity index (χ4n) is 2.55. The first-order valence-corrected chi connectivity index (χ1v) is 7.42. The van der Waals surface area contributed by atoms with Crippen molar-refractivity contribution < 1.29 is 24.2 Å². The van der Waals surface area contributed by atoms with Gasteiger partial charge in [0.05, 0.1) is 32.0 Å². The molecule has 126 valence electrons. The Morgan fingerprint density at radius 2 is 2.17 bits per heavy atom. The van der Waals surface area contributed by atoms with Gasteiger partial charge in [-0.05, 0) is 12.1 Å². The van der Waals surface area contributed by atoms with E-state index >= 15 is 0 Å². The number of hydrogen-bond donors (Lipinski definition) is 1. The van der Waals surface area contributed by atoms with Gasteiger partial charge in [0.1, 0.15) is 11.4 Å². The lowest BCUT2D eigenvalue weighted by Crippen LogP contribution is -2.48. The van der Waals surface area contributed by atoms with Gasteiger partial charge in [0, 0.05) is 12.7 Å². The summed E-state index contributed by atoms with van der Waals surface area (Å²) < 4.78 is 12.0. The van der Waals surface area contributed by atoms with Crippen molar-refractivity contribution in [3.05, 3.63) is 42.2 Å². The molecule has 2 aromatic rings. The van der Waals surface area contributed by atoms with E-state index in [4.69, 9.17) is 14.6 Å². The fourth-order valence-corrected chi connectivity index (χ4v) is 2.55. The number of nitrogens with zero attached hydrogens (tertiary/aromatic N) is 3. The Morgan fingerprint density at radius 3 is 2.92 bits per heavy atom. The molecule has 1 aromatic carbocycles. The lowest BCUT2D eigenvalue weighted by Gasteiger charge is -2.30. The third kappa shape index (κ3) is 3.09. The smallest absolute Gasteiger partial charge is 0.334 e. The summed E-state index contributed by atoms with van der Waals surface area (Å²) in [5, 5.41) is 13.2. The molecular weight excluding hydrogens is 314 g/mol. The molecule has 24 heavy (non-hydrogen) atoms. The highest BCUT2D eigenvalue weighted by molar-refractivity contribution is 5.94. The predicted octanol–water partition coefficient (Wildman–Crippen LogP) is 0.806. The van der Waals surface area contributed by atoms with Crippen molar-refractivity contribution in [2.75, 3.05) is 26.8 Å². The first-order valence-electron chi connectivity index (χ1n) is 7.42. The summed E-state index contributed by atoms with van der Waals surface area (Å²) in [4.78, 5) is 25.0. The normalized spacial score (nSPS) is 17.5. The minimum Gasteiger partial charge on any atom is -0.494 e. The van der Waals surface area contributed by atoms with Crippen LogP contribution in [0.2, 0.25) is 0 Å². The molecule has 0 bridgehead atoms. The molecule has 3 rings (SSSR count). The van der Waals surface area contributed by atoms with Gasteiger partial charge in [0.25, 0.3) is 5.91 Å². The Morgan fingerprint density at radius 1 is 1.38 bits per heavy atom. The first kappa shape index (κ1) is 16.0. The van der Waals surface area contributed by atoms with Crippen molar-refractivity contribution >= 4 is 11.9 Å². The highest BCUT2D eigenvalue weighted by atomic mass is 16.5. The largest absolute Gasteiger partial charge is 0.494 e. The molecule has 0 unspecified atom stereocenters. The molecule has 0 saturated carbocycles. The molecule has 0 radical (unpaired) electrons. The maximum absolute atomic E-state index is 12.6. The Labute approximate surface area is 138 Å². The Bertz CT molecular complexity index is 758. The quantitative estimate of drug-likeness (QED) is 0.891. The number of benzene rings is 1. The van der Waals surface area contributed by atoms with Crippen molar-refractivity contribution in [1.29, 1.82) is 0 Å². The summed E-state index contributed by atoms with van der Waals surface area (Å²) in [6.07, 6.45) is 2.07. The van der Waals surface area contributed by atoms with Crippen LogP contribution in [0.1, 0.15) is 10.4 Å². The highest BCUT2D eigenvalue weighted by Gasteiger charge is 2.30. The molecule has 0 spiro atoms. The molecule has 1 atom stereocenters. The molecule has 0 aliphatic carbocycles. The van der Waals surface area contributed by atoms with E-state index in [0.29, 0.717) is 23.5 Å². The molecular formula is C16H17N3O5. The monoisotopic (exact) mass is 331 g/mol. The molecule has 2 heterocycles. The molecule has 1 saturated heterocycles. The molecule has 8 nitrogen and oxygen atoms in total. The Balaban J connectivity index is 1.80. The summed E-state index contributed by atoms with van der Waals surface area (Å²) in [6, 6.07) is 7.32. The van der Waals surface area contributed by atoms with Crippen molar-refractivity contribution in [3.8, 4) is 11.4 Å². The number of aromatic nitrogens is 2. The van der Waals surface area contributed by atoms with Gasteiger partial charge in [-0.2, -0.15) is 5.10 Å². The number of aliphatic carboxylic acids is 1. The first-order chi connectivity index (χ1) is 11.6. The van der Waals surface area contributed by atoms with Crippen molar-refractivity contribution in [1.82, 2.24) is 14.7 Å². The molecule has 8 heteroatoms. The maximum atomic E-state index is 12.6. The van der Waals surface area contributed by atoms with Crippen LogP contribution < -0.4 is 4.74 Å². The van der Waals surface area contributed by atoms with Gasteiger partial charge in [-0.1, -0.05) is 12.1 Å². The standard InChI is InChI=1S/C16H17N3O5/c1-23-13-5-3-2-4-12(13)19-9-11(8-17-19)15(20)18-6-7-24-14(10-18)16(21)22/h2-5,8-9,14H,6-7,10H2,1H3,(H,21,22)/t14-/m0/s1. The number of carbonyl (C=O) groups excluding carboxylic acids is 1. The van der Waals surface area contributed by atoms with Gasteiger partial charge in [0.15, 0.2) is 6.10 Å². The average molecular weight is 331 g/mol. The number of carbonyl (C=O) groups is 2. The lowest BCUT2D eigenvalue weighted by atomic mass is 10.2. The predicted molar refractivity (Wildman–Crippen MR) is 83.4 cm³/mol. The van der Waals surface area contributed by atoms with E-state index < -0.39 is 12.1 Å². The number of morpholine rings is 1. The highest BCUT2D eigenvalue weighted by Crippen LogP contribution is 2.22. The van der Waals surface area contributed by atoms with Gasteiger partial charge < -0.3 is 19.5 Å². The summed E-state index contributed by atoms with van der Waals surface area (Å²) in [5.74, 6) is -0.708. The van der Waals surface area contributed by atoms with Crippen LogP contribution in [0, 0.1) is 0 Å². The van der Waals surface area contributed by atoms with Gasteiger partial charge in [-0.25, -0.2) is 9.48 Å².